The van der Waals surface area contributed by atoms with E-state index in [4.69, 9.17) is 11.6 Å². The van der Waals surface area contributed by atoms with Gasteiger partial charge in [-0.1, -0.05) is 0 Å². The Balaban J connectivity index is 2.44. The first-order valence-electron chi connectivity index (χ1n) is 5.22. The van der Waals surface area contributed by atoms with E-state index in [0.29, 0.717) is 11.8 Å². The van der Waals surface area contributed by atoms with Crippen LogP contribution in [0.3, 0.4) is 0 Å². The summed E-state index contributed by atoms with van der Waals surface area (Å²) >= 11 is 5.87. The average molecular weight is 253 g/mol. The molecule has 90 valence electrons. The van der Waals surface area contributed by atoms with Crippen molar-refractivity contribution in [1.29, 1.82) is 0 Å². The summed E-state index contributed by atoms with van der Waals surface area (Å²) in [4.78, 5) is 14.2. The maximum absolute atomic E-state index is 5.87. The molecule has 17 heavy (non-hydrogen) atoms. The Morgan fingerprint density at radius 1 is 1.29 bits per heavy atom. The molecule has 0 unspecified atom stereocenters. The number of aryl methyl sites for hydroxylation is 1. The van der Waals surface area contributed by atoms with Crippen molar-refractivity contribution < 1.29 is 0 Å². The molecule has 0 amide bonds. The van der Waals surface area contributed by atoms with E-state index in [-0.39, 0.29) is 5.28 Å². The molecule has 6 nitrogen and oxygen atoms in total. The monoisotopic (exact) mass is 252 g/mol. The molecule has 0 atom stereocenters. The van der Waals surface area contributed by atoms with Gasteiger partial charge in [-0.2, -0.15) is 20.1 Å². The van der Waals surface area contributed by atoms with Gasteiger partial charge in [0.2, 0.25) is 11.2 Å². The standard InChI is InChI=1S/C10H13ClN6/c1-4-17-6-7(5-12-17)8-13-9(11)15-10(14-8)16(2)3/h5-6H,4H2,1-3H3. The highest BCUT2D eigenvalue weighted by molar-refractivity contribution is 6.28. The summed E-state index contributed by atoms with van der Waals surface area (Å²) in [5.41, 5.74) is 0.833. The molecule has 0 aliphatic rings. The molecule has 0 aliphatic heterocycles. The van der Waals surface area contributed by atoms with E-state index in [1.807, 2.05) is 31.9 Å². The number of aromatic nitrogens is 5. The van der Waals surface area contributed by atoms with E-state index in [2.05, 4.69) is 20.1 Å². The molecule has 0 bridgehead atoms. The highest BCUT2D eigenvalue weighted by Crippen LogP contribution is 2.18. The van der Waals surface area contributed by atoms with Gasteiger partial charge in [0.15, 0.2) is 5.82 Å². The van der Waals surface area contributed by atoms with Crippen molar-refractivity contribution in [1.82, 2.24) is 24.7 Å². The average Bonchev–Trinajstić information content (AvgIpc) is 2.76. The summed E-state index contributed by atoms with van der Waals surface area (Å²) in [7, 11) is 3.70. The van der Waals surface area contributed by atoms with Crippen LogP contribution in [0.4, 0.5) is 5.95 Å². The van der Waals surface area contributed by atoms with E-state index in [1.165, 1.54) is 0 Å². The van der Waals surface area contributed by atoms with Gasteiger partial charge in [0, 0.05) is 26.8 Å². The molecular weight excluding hydrogens is 240 g/mol. The molecular formula is C10H13ClN6. The molecule has 0 saturated carbocycles. The second kappa shape index (κ2) is 4.67. The number of anilines is 1. The molecule has 2 aromatic heterocycles. The van der Waals surface area contributed by atoms with Crippen LogP contribution in [0.25, 0.3) is 11.4 Å². The Hall–Kier alpha value is -1.69. The zero-order valence-corrected chi connectivity index (χ0v) is 10.7. The molecule has 0 aliphatic carbocycles. The lowest BCUT2D eigenvalue weighted by Gasteiger charge is -2.10. The van der Waals surface area contributed by atoms with Crippen molar-refractivity contribution >= 4 is 17.5 Å². The van der Waals surface area contributed by atoms with Crippen LogP contribution in [0.15, 0.2) is 12.4 Å². The van der Waals surface area contributed by atoms with Gasteiger partial charge < -0.3 is 4.90 Å². The number of halogens is 1. The molecule has 7 heteroatoms. The minimum absolute atomic E-state index is 0.183. The molecule has 0 radical (unpaired) electrons. The van der Waals surface area contributed by atoms with Gasteiger partial charge in [0.1, 0.15) is 0 Å². The lowest BCUT2D eigenvalue weighted by atomic mass is 10.3. The molecule has 0 saturated heterocycles. The van der Waals surface area contributed by atoms with Gasteiger partial charge in [0.05, 0.1) is 11.8 Å². The largest absolute Gasteiger partial charge is 0.347 e. The third-order valence-electron chi connectivity index (χ3n) is 2.21. The van der Waals surface area contributed by atoms with E-state index >= 15 is 0 Å². The van der Waals surface area contributed by atoms with Crippen LogP contribution in [0, 0.1) is 0 Å². The quantitative estimate of drug-likeness (QED) is 0.828. The number of hydrogen-bond donors (Lipinski definition) is 0. The van der Waals surface area contributed by atoms with Gasteiger partial charge in [0.25, 0.3) is 0 Å². The van der Waals surface area contributed by atoms with Gasteiger partial charge in [-0.15, -0.1) is 0 Å². The number of rotatable bonds is 3. The summed E-state index contributed by atoms with van der Waals surface area (Å²) in [5, 5.41) is 4.36. The molecule has 2 aromatic rings. The summed E-state index contributed by atoms with van der Waals surface area (Å²) in [6.45, 7) is 2.82. The predicted molar refractivity (Wildman–Crippen MR) is 66.1 cm³/mol. The van der Waals surface area contributed by atoms with Crippen molar-refractivity contribution in [3.05, 3.63) is 17.7 Å². The topological polar surface area (TPSA) is 59.7 Å². The molecule has 0 aromatic carbocycles. The second-order valence-electron chi connectivity index (χ2n) is 3.71. The van der Waals surface area contributed by atoms with Gasteiger partial charge in [-0.25, -0.2) is 0 Å². The van der Waals surface area contributed by atoms with E-state index in [1.54, 1.807) is 11.1 Å². The SMILES string of the molecule is CCn1cc(-c2nc(Cl)nc(N(C)C)n2)cn1. The number of hydrogen-bond acceptors (Lipinski definition) is 5. The lowest BCUT2D eigenvalue weighted by Crippen LogP contribution is -2.13. The highest BCUT2D eigenvalue weighted by atomic mass is 35.5. The van der Waals surface area contributed by atoms with E-state index < -0.39 is 0 Å². The van der Waals surface area contributed by atoms with Crippen molar-refractivity contribution in [3.8, 4) is 11.4 Å². The summed E-state index contributed by atoms with van der Waals surface area (Å²) in [5.74, 6) is 1.07. The Bertz CT molecular complexity index is 521. The summed E-state index contributed by atoms with van der Waals surface area (Å²) in [6.07, 6.45) is 3.60. The zero-order chi connectivity index (χ0) is 12.4. The Labute approximate surface area is 104 Å². The molecule has 0 N–H and O–H groups in total. The van der Waals surface area contributed by atoms with Crippen molar-refractivity contribution in [2.45, 2.75) is 13.5 Å². The molecule has 0 fully saturated rings. The van der Waals surface area contributed by atoms with Gasteiger partial charge >= 0.3 is 0 Å². The van der Waals surface area contributed by atoms with Crippen LogP contribution in [0.1, 0.15) is 6.92 Å². The first kappa shape index (κ1) is 11.8. The van der Waals surface area contributed by atoms with Crippen LogP contribution in [0.5, 0.6) is 0 Å². The lowest BCUT2D eigenvalue weighted by molar-refractivity contribution is 0.660. The number of nitrogens with zero attached hydrogens (tertiary/aromatic N) is 6. The third kappa shape index (κ3) is 2.52. The third-order valence-corrected chi connectivity index (χ3v) is 2.38. The smallest absolute Gasteiger partial charge is 0.229 e. The first-order chi connectivity index (χ1) is 8.10. The zero-order valence-electron chi connectivity index (χ0n) is 9.92. The van der Waals surface area contributed by atoms with Gasteiger partial charge in [-0.05, 0) is 18.5 Å². The Kier molecular flexibility index (Phi) is 3.23. The van der Waals surface area contributed by atoms with Crippen LogP contribution in [-0.2, 0) is 6.54 Å². The molecule has 0 spiro atoms. The van der Waals surface area contributed by atoms with Crippen LogP contribution >= 0.6 is 11.6 Å². The van der Waals surface area contributed by atoms with Crippen molar-refractivity contribution in [2.24, 2.45) is 0 Å². The van der Waals surface area contributed by atoms with Crippen LogP contribution in [-0.4, -0.2) is 38.8 Å². The fourth-order valence-corrected chi connectivity index (χ4v) is 1.48. The molecule has 2 heterocycles. The van der Waals surface area contributed by atoms with Crippen LogP contribution < -0.4 is 4.90 Å². The first-order valence-corrected chi connectivity index (χ1v) is 5.59. The molecule has 2 rings (SSSR count). The van der Waals surface area contributed by atoms with E-state index in [9.17, 15) is 0 Å². The highest BCUT2D eigenvalue weighted by Gasteiger charge is 2.10. The maximum Gasteiger partial charge on any atom is 0.229 e. The van der Waals surface area contributed by atoms with Crippen molar-refractivity contribution in [3.63, 3.8) is 0 Å². The minimum atomic E-state index is 0.183. The summed E-state index contributed by atoms with van der Waals surface area (Å²) < 4.78 is 1.81. The predicted octanol–water partition coefficient (Wildman–Crippen LogP) is 1.47. The van der Waals surface area contributed by atoms with E-state index in [0.717, 1.165) is 12.1 Å². The fraction of sp³-hybridized carbons (Fsp3) is 0.400. The summed E-state index contributed by atoms with van der Waals surface area (Å²) in [6, 6.07) is 0. The fourth-order valence-electron chi connectivity index (χ4n) is 1.32. The second-order valence-corrected chi connectivity index (χ2v) is 4.05. The van der Waals surface area contributed by atoms with Gasteiger partial charge in [-0.3, -0.25) is 4.68 Å². The van der Waals surface area contributed by atoms with Crippen molar-refractivity contribution in [2.75, 3.05) is 19.0 Å². The Morgan fingerprint density at radius 3 is 2.65 bits per heavy atom. The van der Waals surface area contributed by atoms with Crippen LogP contribution in [0.2, 0.25) is 5.28 Å². The minimum Gasteiger partial charge on any atom is -0.347 e. The normalized spacial score (nSPS) is 10.6. The Morgan fingerprint density at radius 2 is 2.06 bits per heavy atom. The maximum atomic E-state index is 5.87.